The maximum atomic E-state index is 13.3. The third-order valence-electron chi connectivity index (χ3n) is 4.47. The summed E-state index contributed by atoms with van der Waals surface area (Å²) in [5, 5.41) is 8.56. The number of ether oxygens (including phenoxy) is 3. The Morgan fingerprint density at radius 2 is 1.50 bits per heavy atom. The standard InChI is InChI=1S/C14H17FO3S.C8H8O3/c1-9-13(15)7-12(19-9)8-18-14(16)10-3-5-11(17-2)6-4-10;1-11-7-4-2-6(3-5-7)8(9)10/h3-6,9,12-13H,7-8H2,1-2H3;2-5H,1H3,(H,9,10). The van der Waals surface area contributed by atoms with Crippen LogP contribution in [-0.4, -0.2) is 54.5 Å². The van der Waals surface area contributed by atoms with Gasteiger partial charge in [0.2, 0.25) is 0 Å². The molecular formula is C22H25FO6S. The molecule has 162 valence electrons. The average Bonchev–Trinajstić information content (AvgIpc) is 3.09. The number of halogens is 1. The van der Waals surface area contributed by atoms with Gasteiger partial charge in [0.1, 0.15) is 24.3 Å². The van der Waals surface area contributed by atoms with Crippen LogP contribution in [0, 0.1) is 0 Å². The molecule has 1 N–H and O–H groups in total. The Bertz CT molecular complexity index is 815. The van der Waals surface area contributed by atoms with Gasteiger partial charge < -0.3 is 19.3 Å². The van der Waals surface area contributed by atoms with E-state index in [-0.39, 0.29) is 28.6 Å². The van der Waals surface area contributed by atoms with Gasteiger partial charge in [0.25, 0.3) is 0 Å². The minimum Gasteiger partial charge on any atom is -0.497 e. The number of hydrogen-bond donors (Lipinski definition) is 1. The van der Waals surface area contributed by atoms with Gasteiger partial charge in [0.05, 0.1) is 25.3 Å². The highest BCUT2D eigenvalue weighted by atomic mass is 32.2. The van der Waals surface area contributed by atoms with E-state index >= 15 is 0 Å². The van der Waals surface area contributed by atoms with E-state index in [1.54, 1.807) is 55.3 Å². The van der Waals surface area contributed by atoms with Crippen LogP contribution in [0.3, 0.4) is 0 Å². The van der Waals surface area contributed by atoms with Gasteiger partial charge in [0.15, 0.2) is 0 Å². The summed E-state index contributed by atoms with van der Waals surface area (Å²) in [7, 11) is 3.11. The zero-order chi connectivity index (χ0) is 22.1. The first-order chi connectivity index (χ1) is 14.3. The van der Waals surface area contributed by atoms with E-state index in [0.29, 0.717) is 23.5 Å². The van der Waals surface area contributed by atoms with Crippen molar-refractivity contribution in [2.75, 3.05) is 20.8 Å². The molecule has 1 fully saturated rings. The molecule has 30 heavy (non-hydrogen) atoms. The van der Waals surface area contributed by atoms with Gasteiger partial charge in [-0.3, -0.25) is 0 Å². The van der Waals surface area contributed by atoms with Crippen LogP contribution in [0.2, 0.25) is 0 Å². The molecule has 3 atom stereocenters. The molecule has 0 saturated carbocycles. The summed E-state index contributed by atoms with van der Waals surface area (Å²) in [6.45, 7) is 2.13. The quantitative estimate of drug-likeness (QED) is 0.669. The van der Waals surface area contributed by atoms with Crippen LogP contribution in [0.4, 0.5) is 4.39 Å². The van der Waals surface area contributed by atoms with E-state index in [0.717, 1.165) is 0 Å². The third-order valence-corrected chi connectivity index (χ3v) is 5.91. The Morgan fingerprint density at radius 3 is 1.90 bits per heavy atom. The number of aromatic carboxylic acids is 1. The van der Waals surface area contributed by atoms with E-state index in [4.69, 9.17) is 19.3 Å². The molecule has 1 aliphatic rings. The number of carbonyl (C=O) groups excluding carboxylic acids is 1. The van der Waals surface area contributed by atoms with Crippen molar-refractivity contribution in [2.24, 2.45) is 0 Å². The van der Waals surface area contributed by atoms with Crippen LogP contribution in [0.15, 0.2) is 48.5 Å². The first-order valence-corrected chi connectivity index (χ1v) is 10.3. The summed E-state index contributed by atoms with van der Waals surface area (Å²) in [6.07, 6.45) is -0.337. The van der Waals surface area contributed by atoms with Gasteiger partial charge in [-0.25, -0.2) is 14.0 Å². The lowest BCUT2D eigenvalue weighted by Gasteiger charge is -2.10. The lowest BCUT2D eigenvalue weighted by atomic mass is 10.2. The molecule has 6 nitrogen and oxygen atoms in total. The van der Waals surface area contributed by atoms with E-state index < -0.39 is 12.1 Å². The van der Waals surface area contributed by atoms with E-state index in [2.05, 4.69) is 0 Å². The Kier molecular flexibility index (Phi) is 8.98. The summed E-state index contributed by atoms with van der Waals surface area (Å²) in [4.78, 5) is 22.2. The Balaban J connectivity index is 0.000000248. The number of rotatable bonds is 6. The number of thioether (sulfide) groups is 1. The van der Waals surface area contributed by atoms with Gasteiger partial charge >= 0.3 is 11.9 Å². The highest BCUT2D eigenvalue weighted by molar-refractivity contribution is 8.00. The molecule has 2 aromatic carbocycles. The number of carbonyl (C=O) groups is 2. The number of methoxy groups -OCH3 is 2. The summed E-state index contributed by atoms with van der Waals surface area (Å²) >= 11 is 1.54. The van der Waals surface area contributed by atoms with Crippen molar-refractivity contribution in [1.29, 1.82) is 0 Å². The normalized spacial score (nSPS) is 19.9. The Morgan fingerprint density at radius 1 is 1.00 bits per heavy atom. The Hall–Kier alpha value is -2.74. The number of benzene rings is 2. The summed E-state index contributed by atoms with van der Waals surface area (Å²) in [5.74, 6) is 0.0536. The van der Waals surface area contributed by atoms with Crippen LogP contribution in [0.1, 0.15) is 34.1 Å². The highest BCUT2D eigenvalue weighted by Gasteiger charge is 2.32. The van der Waals surface area contributed by atoms with Crippen molar-refractivity contribution in [3.63, 3.8) is 0 Å². The molecule has 1 saturated heterocycles. The lowest BCUT2D eigenvalue weighted by Crippen LogP contribution is -2.15. The van der Waals surface area contributed by atoms with Gasteiger partial charge in [-0.05, 0) is 55.0 Å². The fourth-order valence-corrected chi connectivity index (χ4v) is 4.04. The predicted octanol–water partition coefficient (Wildman–Crippen LogP) is 4.48. The number of carboxylic acid groups (broad SMARTS) is 1. The number of carboxylic acids is 1. The molecule has 0 spiro atoms. The largest absolute Gasteiger partial charge is 0.497 e. The van der Waals surface area contributed by atoms with Crippen molar-refractivity contribution in [2.45, 2.75) is 30.0 Å². The zero-order valence-corrected chi connectivity index (χ0v) is 17.9. The van der Waals surface area contributed by atoms with E-state index in [1.165, 1.54) is 19.2 Å². The molecule has 2 aromatic rings. The molecule has 0 aliphatic carbocycles. The van der Waals surface area contributed by atoms with Crippen molar-refractivity contribution in [3.05, 3.63) is 59.7 Å². The molecule has 3 rings (SSSR count). The van der Waals surface area contributed by atoms with Crippen molar-refractivity contribution < 1.29 is 33.3 Å². The minimum absolute atomic E-state index is 0.00955. The second kappa shape index (κ2) is 11.4. The van der Waals surface area contributed by atoms with E-state index in [9.17, 15) is 14.0 Å². The Labute approximate surface area is 179 Å². The fraction of sp³-hybridized carbons (Fsp3) is 0.364. The van der Waals surface area contributed by atoms with Crippen molar-refractivity contribution in [1.82, 2.24) is 0 Å². The first-order valence-electron chi connectivity index (χ1n) is 9.32. The first kappa shape index (κ1) is 23.5. The summed E-state index contributed by atoms with van der Waals surface area (Å²) in [5.41, 5.74) is 0.749. The second-order valence-electron chi connectivity index (χ2n) is 6.58. The number of hydrogen-bond acceptors (Lipinski definition) is 6. The average molecular weight is 437 g/mol. The van der Waals surface area contributed by atoms with Gasteiger partial charge in [-0.15, -0.1) is 11.8 Å². The van der Waals surface area contributed by atoms with Crippen LogP contribution < -0.4 is 9.47 Å². The molecule has 0 radical (unpaired) electrons. The van der Waals surface area contributed by atoms with Gasteiger partial charge in [0, 0.05) is 10.5 Å². The molecule has 1 aliphatic heterocycles. The van der Waals surface area contributed by atoms with Gasteiger partial charge in [-0.2, -0.15) is 0 Å². The minimum atomic E-state index is -0.923. The summed E-state index contributed by atoms with van der Waals surface area (Å²) < 4.78 is 28.4. The van der Waals surface area contributed by atoms with Crippen LogP contribution >= 0.6 is 11.8 Å². The second-order valence-corrected chi connectivity index (χ2v) is 8.26. The van der Waals surface area contributed by atoms with Gasteiger partial charge in [-0.1, -0.05) is 6.92 Å². The lowest BCUT2D eigenvalue weighted by molar-refractivity contribution is 0.0500. The van der Waals surface area contributed by atoms with E-state index in [1.807, 2.05) is 6.92 Å². The molecule has 0 bridgehead atoms. The molecule has 3 unspecified atom stereocenters. The van der Waals surface area contributed by atoms with Crippen LogP contribution in [0.5, 0.6) is 11.5 Å². The maximum Gasteiger partial charge on any atom is 0.338 e. The fourth-order valence-electron chi connectivity index (χ4n) is 2.71. The maximum absolute atomic E-state index is 13.3. The third kappa shape index (κ3) is 6.95. The smallest absolute Gasteiger partial charge is 0.338 e. The molecule has 0 aromatic heterocycles. The van der Waals surface area contributed by atoms with Crippen LogP contribution in [0.25, 0.3) is 0 Å². The number of alkyl halides is 1. The molecule has 8 heteroatoms. The number of esters is 1. The topological polar surface area (TPSA) is 82.1 Å². The molecule has 0 amide bonds. The summed E-state index contributed by atoms with van der Waals surface area (Å²) in [6, 6.07) is 13.0. The monoisotopic (exact) mass is 436 g/mol. The molecule has 1 heterocycles. The molecular weight excluding hydrogens is 411 g/mol. The predicted molar refractivity (Wildman–Crippen MR) is 114 cm³/mol. The zero-order valence-electron chi connectivity index (χ0n) is 17.0. The van der Waals surface area contributed by atoms with Crippen LogP contribution in [-0.2, 0) is 4.74 Å². The highest BCUT2D eigenvalue weighted by Crippen LogP contribution is 2.35. The SMILES string of the molecule is COc1ccc(C(=O)O)cc1.COc1ccc(C(=O)OCC2CC(F)C(C)S2)cc1. The van der Waals surface area contributed by atoms with Crippen molar-refractivity contribution in [3.8, 4) is 11.5 Å². The van der Waals surface area contributed by atoms with Crippen molar-refractivity contribution >= 4 is 23.7 Å².